The predicted octanol–water partition coefficient (Wildman–Crippen LogP) is 2.07. The van der Waals surface area contributed by atoms with Gasteiger partial charge in [-0.2, -0.15) is 0 Å². The second kappa shape index (κ2) is 5.80. The molecule has 0 amide bonds. The van der Waals surface area contributed by atoms with Crippen LogP contribution in [0.2, 0.25) is 0 Å². The number of nitrogens with zero attached hydrogens (tertiary/aromatic N) is 3. The molecule has 18 heavy (non-hydrogen) atoms. The number of anilines is 1. The molecule has 1 N–H and O–H groups in total. The summed E-state index contributed by atoms with van der Waals surface area (Å²) in [6, 6.07) is 1.96. The van der Waals surface area contributed by atoms with E-state index in [-0.39, 0.29) is 0 Å². The number of aliphatic carboxylic acids is 1. The van der Waals surface area contributed by atoms with E-state index in [1.807, 2.05) is 20.0 Å². The van der Waals surface area contributed by atoms with E-state index >= 15 is 0 Å². The van der Waals surface area contributed by atoms with E-state index in [1.54, 1.807) is 11.8 Å². The van der Waals surface area contributed by atoms with E-state index in [9.17, 15) is 4.79 Å². The van der Waals surface area contributed by atoms with Crippen molar-refractivity contribution in [1.29, 1.82) is 0 Å². The number of hydrogen-bond donors (Lipinski definition) is 1. The summed E-state index contributed by atoms with van der Waals surface area (Å²) < 4.78 is 0. The van der Waals surface area contributed by atoms with Crippen molar-refractivity contribution in [2.45, 2.75) is 33.6 Å². The van der Waals surface area contributed by atoms with Crippen LogP contribution in [0.3, 0.4) is 0 Å². The average Bonchev–Trinajstić information content (AvgIpc) is 2.27. The molecule has 1 aromatic rings. The molecule has 0 saturated heterocycles. The van der Waals surface area contributed by atoms with Gasteiger partial charge in [0.1, 0.15) is 0 Å². The van der Waals surface area contributed by atoms with Gasteiger partial charge in [0.25, 0.3) is 0 Å². The molecular formula is C13H21N3O2. The van der Waals surface area contributed by atoms with Gasteiger partial charge < -0.3 is 10.0 Å². The lowest BCUT2D eigenvalue weighted by molar-refractivity contribution is -0.140. The van der Waals surface area contributed by atoms with Gasteiger partial charge in [-0.05, 0) is 18.9 Å². The molecule has 0 radical (unpaired) electrons. The smallest absolute Gasteiger partial charge is 0.308 e. The molecule has 1 heterocycles. The Bertz CT molecular complexity index is 432. The van der Waals surface area contributed by atoms with Crippen molar-refractivity contribution in [3.05, 3.63) is 17.5 Å². The van der Waals surface area contributed by atoms with Gasteiger partial charge in [-0.25, -0.2) is 9.97 Å². The van der Waals surface area contributed by atoms with Crippen LogP contribution >= 0.6 is 0 Å². The minimum Gasteiger partial charge on any atom is -0.481 e. The number of hydrogen-bond acceptors (Lipinski definition) is 4. The largest absolute Gasteiger partial charge is 0.481 e. The highest BCUT2D eigenvalue weighted by atomic mass is 16.4. The topological polar surface area (TPSA) is 66.3 Å². The number of carbonyl (C=O) groups is 1. The van der Waals surface area contributed by atoms with Crippen molar-refractivity contribution in [1.82, 2.24) is 9.97 Å². The highest BCUT2D eigenvalue weighted by Gasteiger charge is 2.16. The minimum absolute atomic E-state index is 0.329. The zero-order valence-corrected chi connectivity index (χ0v) is 11.6. The molecule has 1 unspecified atom stereocenters. The summed E-state index contributed by atoms with van der Waals surface area (Å²) in [7, 11) is 1.82. The number of aryl methyl sites for hydroxylation is 1. The first-order valence-corrected chi connectivity index (χ1v) is 6.10. The van der Waals surface area contributed by atoms with Crippen LogP contribution < -0.4 is 4.90 Å². The van der Waals surface area contributed by atoms with Crippen molar-refractivity contribution in [3.8, 4) is 0 Å². The predicted molar refractivity (Wildman–Crippen MR) is 70.9 cm³/mol. The van der Waals surface area contributed by atoms with Crippen LogP contribution in [0.15, 0.2) is 6.07 Å². The number of rotatable bonds is 5. The van der Waals surface area contributed by atoms with Gasteiger partial charge in [-0.3, -0.25) is 4.79 Å². The second-order valence-corrected chi connectivity index (χ2v) is 5.01. The summed E-state index contributed by atoms with van der Waals surface area (Å²) in [6.45, 7) is 8.15. The van der Waals surface area contributed by atoms with Crippen molar-refractivity contribution in [3.63, 3.8) is 0 Å². The molecular weight excluding hydrogens is 230 g/mol. The third kappa shape index (κ3) is 3.68. The first-order chi connectivity index (χ1) is 8.31. The standard InChI is InChI=1S/C13H21N3O2/c1-8(2)11-6-10(4)14-13(15-11)16(5)7-9(3)12(17)18/h6,8-9H,7H2,1-5H3,(H,17,18). The Morgan fingerprint density at radius 3 is 2.50 bits per heavy atom. The maximum atomic E-state index is 10.8. The van der Waals surface area contributed by atoms with Crippen molar-refractivity contribution < 1.29 is 9.90 Å². The fourth-order valence-corrected chi connectivity index (χ4v) is 1.61. The zero-order valence-electron chi connectivity index (χ0n) is 11.6. The van der Waals surface area contributed by atoms with E-state index in [2.05, 4.69) is 23.8 Å². The molecule has 5 heteroatoms. The number of carboxylic acids is 1. The van der Waals surface area contributed by atoms with Crippen LogP contribution in [-0.4, -0.2) is 34.6 Å². The van der Waals surface area contributed by atoms with Crippen molar-refractivity contribution >= 4 is 11.9 Å². The fourth-order valence-electron chi connectivity index (χ4n) is 1.61. The van der Waals surface area contributed by atoms with Gasteiger partial charge in [0, 0.05) is 25.0 Å². The summed E-state index contributed by atoms with van der Waals surface area (Å²) in [6.07, 6.45) is 0. The first-order valence-electron chi connectivity index (χ1n) is 6.10. The summed E-state index contributed by atoms with van der Waals surface area (Å²) >= 11 is 0. The molecule has 0 fully saturated rings. The van der Waals surface area contributed by atoms with Crippen LogP contribution in [0.4, 0.5) is 5.95 Å². The van der Waals surface area contributed by atoms with E-state index in [4.69, 9.17) is 5.11 Å². The highest BCUT2D eigenvalue weighted by molar-refractivity contribution is 5.70. The first kappa shape index (κ1) is 14.4. The molecule has 0 bridgehead atoms. The molecule has 0 aromatic carbocycles. The fraction of sp³-hybridized carbons (Fsp3) is 0.615. The zero-order chi connectivity index (χ0) is 13.9. The van der Waals surface area contributed by atoms with Crippen molar-refractivity contribution in [2.24, 2.45) is 5.92 Å². The Morgan fingerprint density at radius 2 is 2.00 bits per heavy atom. The Morgan fingerprint density at radius 1 is 1.39 bits per heavy atom. The molecule has 0 aliphatic heterocycles. The maximum absolute atomic E-state index is 10.8. The van der Waals surface area contributed by atoms with Crippen molar-refractivity contribution in [2.75, 3.05) is 18.5 Å². The quantitative estimate of drug-likeness (QED) is 0.867. The second-order valence-electron chi connectivity index (χ2n) is 5.01. The molecule has 0 aliphatic rings. The molecule has 1 atom stereocenters. The lowest BCUT2D eigenvalue weighted by atomic mass is 10.1. The Kier molecular flexibility index (Phi) is 4.64. The monoisotopic (exact) mass is 251 g/mol. The van der Waals surface area contributed by atoms with Crippen LogP contribution in [0.25, 0.3) is 0 Å². The lowest BCUT2D eigenvalue weighted by Crippen LogP contribution is -2.30. The molecule has 1 rings (SSSR count). The van der Waals surface area contributed by atoms with Crippen LogP contribution in [0.1, 0.15) is 38.1 Å². The summed E-state index contributed by atoms with van der Waals surface area (Å²) in [4.78, 5) is 21.4. The van der Waals surface area contributed by atoms with E-state index in [0.29, 0.717) is 18.4 Å². The van der Waals surface area contributed by atoms with Gasteiger partial charge in [0.05, 0.1) is 5.92 Å². The SMILES string of the molecule is Cc1cc(C(C)C)nc(N(C)CC(C)C(=O)O)n1. The van der Waals surface area contributed by atoms with Crippen LogP contribution in [0, 0.1) is 12.8 Å². The van der Waals surface area contributed by atoms with E-state index in [1.165, 1.54) is 0 Å². The lowest BCUT2D eigenvalue weighted by Gasteiger charge is -2.20. The molecule has 100 valence electrons. The Balaban J connectivity index is 2.91. The minimum atomic E-state index is -0.807. The number of carboxylic acid groups (broad SMARTS) is 1. The van der Waals surface area contributed by atoms with E-state index in [0.717, 1.165) is 11.4 Å². The Labute approximate surface area is 108 Å². The summed E-state index contributed by atoms with van der Waals surface area (Å²) in [5, 5.41) is 8.91. The van der Waals surface area contributed by atoms with Crippen LogP contribution in [-0.2, 0) is 4.79 Å². The Hall–Kier alpha value is -1.65. The average molecular weight is 251 g/mol. The number of aromatic nitrogens is 2. The molecule has 0 spiro atoms. The molecule has 0 aliphatic carbocycles. The van der Waals surface area contributed by atoms with Gasteiger partial charge in [0.2, 0.25) is 5.95 Å². The summed E-state index contributed by atoms with van der Waals surface area (Å²) in [5.74, 6) is -0.331. The van der Waals surface area contributed by atoms with Crippen LogP contribution in [0.5, 0.6) is 0 Å². The van der Waals surface area contributed by atoms with Gasteiger partial charge >= 0.3 is 5.97 Å². The normalized spacial score (nSPS) is 12.6. The molecule has 1 aromatic heterocycles. The molecule has 0 saturated carbocycles. The van der Waals surface area contributed by atoms with Gasteiger partial charge in [0.15, 0.2) is 0 Å². The molecule has 5 nitrogen and oxygen atoms in total. The highest BCUT2D eigenvalue weighted by Crippen LogP contribution is 2.16. The third-order valence-corrected chi connectivity index (χ3v) is 2.76. The maximum Gasteiger partial charge on any atom is 0.308 e. The van der Waals surface area contributed by atoms with E-state index < -0.39 is 11.9 Å². The van der Waals surface area contributed by atoms with Gasteiger partial charge in [-0.1, -0.05) is 20.8 Å². The third-order valence-electron chi connectivity index (χ3n) is 2.76. The summed E-state index contributed by atoms with van der Waals surface area (Å²) in [5.41, 5.74) is 1.88. The van der Waals surface area contributed by atoms with Gasteiger partial charge in [-0.15, -0.1) is 0 Å².